The third-order valence-electron chi connectivity index (χ3n) is 4.88. The van der Waals surface area contributed by atoms with E-state index < -0.39 is 0 Å². The lowest BCUT2D eigenvalue weighted by Gasteiger charge is -2.21. The van der Waals surface area contributed by atoms with E-state index in [4.69, 9.17) is 4.99 Å². The first-order valence-corrected chi connectivity index (χ1v) is 10.3. The zero-order chi connectivity index (χ0) is 19.5. The van der Waals surface area contributed by atoms with Gasteiger partial charge in [-0.25, -0.2) is 4.99 Å². The lowest BCUT2D eigenvalue weighted by molar-refractivity contribution is 0.292. The van der Waals surface area contributed by atoms with Crippen molar-refractivity contribution in [2.24, 2.45) is 4.99 Å². The van der Waals surface area contributed by atoms with Gasteiger partial charge in [-0.05, 0) is 64.0 Å². The van der Waals surface area contributed by atoms with Crippen LogP contribution in [0.2, 0.25) is 0 Å². The van der Waals surface area contributed by atoms with Crippen molar-refractivity contribution in [3.8, 4) is 0 Å². The maximum absolute atomic E-state index is 4.81. The van der Waals surface area contributed by atoms with Gasteiger partial charge in [0.25, 0.3) is 0 Å². The molecule has 0 saturated carbocycles. The van der Waals surface area contributed by atoms with E-state index in [1.54, 1.807) is 0 Å². The average Bonchev–Trinajstić information content (AvgIpc) is 2.69. The van der Waals surface area contributed by atoms with Gasteiger partial charge in [-0.3, -0.25) is 4.98 Å². The van der Waals surface area contributed by atoms with Gasteiger partial charge in [0, 0.05) is 24.2 Å². The predicted octanol–water partition coefficient (Wildman–Crippen LogP) is 4.42. The molecule has 0 aliphatic rings. The number of nitrogens with zero attached hydrogens (tertiary/aromatic N) is 3. The molecular formula is C22H36IN5. The Hall–Kier alpha value is -1.41. The lowest BCUT2D eigenvalue weighted by atomic mass is 10.1. The van der Waals surface area contributed by atoms with Gasteiger partial charge in [-0.2, -0.15) is 0 Å². The van der Waals surface area contributed by atoms with Crippen LogP contribution in [0.1, 0.15) is 46.1 Å². The first-order valence-electron chi connectivity index (χ1n) is 10.3. The van der Waals surface area contributed by atoms with Crippen LogP contribution in [0.4, 0.5) is 0 Å². The van der Waals surface area contributed by atoms with Crippen LogP contribution in [0.25, 0.3) is 10.9 Å². The van der Waals surface area contributed by atoms with E-state index in [1.165, 1.54) is 17.4 Å². The van der Waals surface area contributed by atoms with Gasteiger partial charge < -0.3 is 15.5 Å². The predicted molar refractivity (Wildman–Crippen MR) is 132 cm³/mol. The minimum absolute atomic E-state index is 0. The van der Waals surface area contributed by atoms with Crippen LogP contribution in [0.15, 0.2) is 41.5 Å². The Balaban J connectivity index is 0.00000392. The number of hydrogen-bond acceptors (Lipinski definition) is 3. The van der Waals surface area contributed by atoms with Crippen molar-refractivity contribution in [3.63, 3.8) is 0 Å². The number of para-hydroxylation sites is 1. The maximum atomic E-state index is 4.81. The second-order valence-corrected chi connectivity index (χ2v) is 6.90. The second kappa shape index (κ2) is 13.7. The smallest absolute Gasteiger partial charge is 0.191 e. The summed E-state index contributed by atoms with van der Waals surface area (Å²) in [5.74, 6) is 0.883. The summed E-state index contributed by atoms with van der Waals surface area (Å²) in [6.45, 7) is 13.7. The summed E-state index contributed by atoms with van der Waals surface area (Å²) in [4.78, 5) is 11.7. The number of fused-ring (bicyclic) bond motifs is 1. The SMILES string of the molecule is CCNC(=NCc1ccnc2ccccc12)NC(C)CCCN(CC)CC.I. The zero-order valence-electron chi connectivity index (χ0n) is 17.7. The van der Waals surface area contributed by atoms with Gasteiger partial charge in [-0.15, -0.1) is 24.0 Å². The Labute approximate surface area is 187 Å². The summed E-state index contributed by atoms with van der Waals surface area (Å²) in [7, 11) is 0. The summed E-state index contributed by atoms with van der Waals surface area (Å²) in [5.41, 5.74) is 2.22. The fraction of sp³-hybridized carbons (Fsp3) is 0.545. The number of nitrogens with one attached hydrogen (secondary N) is 2. The van der Waals surface area contributed by atoms with Crippen LogP contribution in [0.5, 0.6) is 0 Å². The number of rotatable bonds is 10. The Morgan fingerprint density at radius 3 is 2.61 bits per heavy atom. The number of hydrogen-bond donors (Lipinski definition) is 2. The van der Waals surface area contributed by atoms with Crippen LogP contribution in [0.3, 0.4) is 0 Å². The third kappa shape index (κ3) is 7.91. The van der Waals surface area contributed by atoms with E-state index in [1.807, 2.05) is 18.3 Å². The first kappa shape index (κ1) is 24.6. The molecule has 0 fully saturated rings. The second-order valence-electron chi connectivity index (χ2n) is 6.90. The topological polar surface area (TPSA) is 52.6 Å². The molecule has 1 heterocycles. The van der Waals surface area contributed by atoms with Gasteiger partial charge >= 0.3 is 0 Å². The Morgan fingerprint density at radius 2 is 1.89 bits per heavy atom. The molecule has 5 nitrogen and oxygen atoms in total. The molecule has 0 bridgehead atoms. The summed E-state index contributed by atoms with van der Waals surface area (Å²) in [5, 5.41) is 8.09. The van der Waals surface area contributed by atoms with Gasteiger partial charge in [0.2, 0.25) is 0 Å². The Kier molecular flexibility index (Phi) is 12.1. The van der Waals surface area contributed by atoms with Crippen molar-refractivity contribution in [2.75, 3.05) is 26.2 Å². The molecule has 1 aromatic carbocycles. The highest BCUT2D eigenvalue weighted by atomic mass is 127. The molecule has 0 spiro atoms. The fourth-order valence-electron chi connectivity index (χ4n) is 3.24. The van der Waals surface area contributed by atoms with Crippen LogP contribution < -0.4 is 10.6 Å². The minimum atomic E-state index is 0. The first-order chi connectivity index (χ1) is 13.2. The van der Waals surface area contributed by atoms with Crippen LogP contribution in [0, 0.1) is 0 Å². The molecule has 0 saturated heterocycles. The fourth-order valence-corrected chi connectivity index (χ4v) is 3.24. The van der Waals surface area contributed by atoms with Crippen molar-refractivity contribution in [3.05, 3.63) is 42.1 Å². The molecular weight excluding hydrogens is 461 g/mol. The van der Waals surface area contributed by atoms with E-state index in [0.717, 1.165) is 44.1 Å². The number of aliphatic imine (C=N–C) groups is 1. The minimum Gasteiger partial charge on any atom is -0.357 e. The van der Waals surface area contributed by atoms with Gasteiger partial charge in [0.15, 0.2) is 5.96 Å². The van der Waals surface area contributed by atoms with Crippen LogP contribution in [-0.4, -0.2) is 48.1 Å². The number of aromatic nitrogens is 1. The molecule has 28 heavy (non-hydrogen) atoms. The Bertz CT molecular complexity index is 710. The third-order valence-corrected chi connectivity index (χ3v) is 4.88. The van der Waals surface area contributed by atoms with E-state index in [2.05, 4.69) is 66.4 Å². The number of pyridine rings is 1. The van der Waals surface area contributed by atoms with Crippen LogP contribution in [-0.2, 0) is 6.54 Å². The molecule has 2 N–H and O–H groups in total. The Morgan fingerprint density at radius 1 is 1.14 bits per heavy atom. The standard InChI is InChI=1S/C22H35N5.HI/c1-5-23-22(26-18(4)11-10-16-27(6-2)7-3)25-17-19-14-15-24-21-13-9-8-12-20(19)21;/h8-9,12-15,18H,5-7,10-11,16-17H2,1-4H3,(H2,23,25,26);1H. The largest absolute Gasteiger partial charge is 0.357 e. The summed E-state index contributed by atoms with van der Waals surface area (Å²) in [6, 6.07) is 10.7. The van der Waals surface area contributed by atoms with Crippen molar-refractivity contribution >= 4 is 40.8 Å². The molecule has 0 aliphatic carbocycles. The molecule has 6 heteroatoms. The van der Waals surface area contributed by atoms with Gasteiger partial charge in [-0.1, -0.05) is 32.0 Å². The highest BCUT2D eigenvalue weighted by Crippen LogP contribution is 2.16. The monoisotopic (exact) mass is 497 g/mol. The molecule has 1 atom stereocenters. The highest BCUT2D eigenvalue weighted by molar-refractivity contribution is 14.0. The summed E-state index contributed by atoms with van der Waals surface area (Å²) < 4.78 is 0. The number of benzene rings is 1. The molecule has 0 aliphatic heterocycles. The van der Waals surface area contributed by atoms with Crippen molar-refractivity contribution in [1.29, 1.82) is 0 Å². The van der Waals surface area contributed by atoms with E-state index in [-0.39, 0.29) is 24.0 Å². The highest BCUT2D eigenvalue weighted by Gasteiger charge is 2.07. The van der Waals surface area contributed by atoms with Gasteiger partial charge in [0.1, 0.15) is 0 Å². The molecule has 2 rings (SSSR count). The zero-order valence-corrected chi connectivity index (χ0v) is 20.1. The quantitative estimate of drug-likeness (QED) is 0.290. The van der Waals surface area contributed by atoms with Crippen molar-refractivity contribution < 1.29 is 0 Å². The van der Waals surface area contributed by atoms with Crippen LogP contribution >= 0.6 is 24.0 Å². The number of halogens is 1. The summed E-state index contributed by atoms with van der Waals surface area (Å²) in [6.07, 6.45) is 4.20. The molecule has 156 valence electrons. The molecule has 1 unspecified atom stereocenters. The van der Waals surface area contributed by atoms with Crippen molar-refractivity contribution in [1.82, 2.24) is 20.5 Å². The lowest BCUT2D eigenvalue weighted by Crippen LogP contribution is -2.42. The molecule has 0 amide bonds. The summed E-state index contributed by atoms with van der Waals surface area (Å²) >= 11 is 0. The molecule has 1 aromatic heterocycles. The average molecular weight is 497 g/mol. The molecule has 0 radical (unpaired) electrons. The van der Waals surface area contributed by atoms with Gasteiger partial charge in [0.05, 0.1) is 12.1 Å². The van der Waals surface area contributed by atoms with E-state index >= 15 is 0 Å². The maximum Gasteiger partial charge on any atom is 0.191 e. The molecule has 2 aromatic rings. The normalized spacial score (nSPS) is 12.7. The number of guanidine groups is 1. The van der Waals surface area contributed by atoms with Crippen molar-refractivity contribution in [2.45, 2.75) is 53.1 Å². The van der Waals surface area contributed by atoms with E-state index in [9.17, 15) is 0 Å². The van der Waals surface area contributed by atoms with E-state index in [0.29, 0.717) is 12.6 Å².